The van der Waals surface area contributed by atoms with Crippen molar-refractivity contribution in [1.82, 2.24) is 4.90 Å². The SMILES string of the molecule is COc1ccc(C(=O)N(C)CCCBr)c(F)c1. The molecule has 0 bridgehead atoms. The van der Waals surface area contributed by atoms with Crippen molar-refractivity contribution in [3.8, 4) is 5.75 Å². The van der Waals surface area contributed by atoms with Gasteiger partial charge in [0.1, 0.15) is 11.6 Å². The second-order valence-electron chi connectivity index (χ2n) is 3.62. The quantitative estimate of drug-likeness (QED) is 0.783. The Balaban J connectivity index is 2.81. The number of nitrogens with zero attached hydrogens (tertiary/aromatic N) is 1. The molecule has 1 aromatic rings. The van der Waals surface area contributed by atoms with Crippen LogP contribution in [0, 0.1) is 5.82 Å². The lowest BCUT2D eigenvalue weighted by molar-refractivity contribution is 0.0791. The maximum atomic E-state index is 13.6. The number of halogens is 2. The van der Waals surface area contributed by atoms with Crippen LogP contribution in [-0.2, 0) is 0 Å². The first kappa shape index (κ1) is 14.0. The maximum absolute atomic E-state index is 13.6. The smallest absolute Gasteiger partial charge is 0.256 e. The summed E-state index contributed by atoms with van der Waals surface area (Å²) >= 11 is 3.29. The van der Waals surface area contributed by atoms with Crippen molar-refractivity contribution in [3.05, 3.63) is 29.6 Å². The van der Waals surface area contributed by atoms with Gasteiger partial charge in [-0.15, -0.1) is 0 Å². The first-order chi connectivity index (χ1) is 8.10. The summed E-state index contributed by atoms with van der Waals surface area (Å²) in [4.78, 5) is 13.4. The molecule has 0 heterocycles. The topological polar surface area (TPSA) is 29.5 Å². The van der Waals surface area contributed by atoms with Crippen LogP contribution in [0.15, 0.2) is 18.2 Å². The zero-order valence-electron chi connectivity index (χ0n) is 9.87. The largest absolute Gasteiger partial charge is 0.497 e. The van der Waals surface area contributed by atoms with Gasteiger partial charge in [0.15, 0.2) is 0 Å². The molecule has 3 nitrogen and oxygen atoms in total. The number of benzene rings is 1. The summed E-state index contributed by atoms with van der Waals surface area (Å²) in [5.74, 6) is -0.465. The molecule has 94 valence electrons. The van der Waals surface area contributed by atoms with Crippen molar-refractivity contribution in [2.45, 2.75) is 6.42 Å². The first-order valence-electron chi connectivity index (χ1n) is 5.25. The van der Waals surface area contributed by atoms with E-state index in [2.05, 4.69) is 15.9 Å². The van der Waals surface area contributed by atoms with Crippen molar-refractivity contribution >= 4 is 21.8 Å². The maximum Gasteiger partial charge on any atom is 0.256 e. The molecule has 0 unspecified atom stereocenters. The molecule has 17 heavy (non-hydrogen) atoms. The Morgan fingerprint density at radius 3 is 2.76 bits per heavy atom. The molecule has 0 fully saturated rings. The Bertz CT molecular complexity index is 398. The molecule has 5 heteroatoms. The molecule has 0 spiro atoms. The second-order valence-corrected chi connectivity index (χ2v) is 4.41. The van der Waals surface area contributed by atoms with Crippen LogP contribution in [0.4, 0.5) is 4.39 Å². The lowest BCUT2D eigenvalue weighted by Gasteiger charge is -2.17. The van der Waals surface area contributed by atoms with E-state index in [1.165, 1.54) is 24.1 Å². The van der Waals surface area contributed by atoms with Crippen molar-refractivity contribution < 1.29 is 13.9 Å². The molecular weight excluding hydrogens is 289 g/mol. The van der Waals surface area contributed by atoms with Crippen LogP contribution in [0.3, 0.4) is 0 Å². The van der Waals surface area contributed by atoms with Gasteiger partial charge in [-0.05, 0) is 18.6 Å². The highest BCUT2D eigenvalue weighted by Crippen LogP contribution is 2.17. The van der Waals surface area contributed by atoms with E-state index in [-0.39, 0.29) is 11.5 Å². The van der Waals surface area contributed by atoms with Crippen LogP contribution in [-0.4, -0.2) is 36.8 Å². The third-order valence-electron chi connectivity index (χ3n) is 2.38. The molecule has 1 amide bonds. The Labute approximate surface area is 109 Å². The van der Waals surface area contributed by atoms with Crippen LogP contribution in [0.2, 0.25) is 0 Å². The van der Waals surface area contributed by atoms with E-state index in [4.69, 9.17) is 4.74 Å². The number of methoxy groups -OCH3 is 1. The molecule has 0 radical (unpaired) electrons. The number of hydrogen-bond acceptors (Lipinski definition) is 2. The van der Waals surface area contributed by atoms with Gasteiger partial charge in [0.25, 0.3) is 5.91 Å². The van der Waals surface area contributed by atoms with Gasteiger partial charge in [0, 0.05) is 25.0 Å². The fourth-order valence-electron chi connectivity index (χ4n) is 1.40. The fraction of sp³-hybridized carbons (Fsp3) is 0.417. The van der Waals surface area contributed by atoms with E-state index in [1.54, 1.807) is 13.1 Å². The predicted molar refractivity (Wildman–Crippen MR) is 68.3 cm³/mol. The Hall–Kier alpha value is -1.10. The monoisotopic (exact) mass is 303 g/mol. The summed E-state index contributed by atoms with van der Waals surface area (Å²) in [5, 5.41) is 0.815. The summed E-state index contributed by atoms with van der Waals surface area (Å²) < 4.78 is 18.5. The minimum absolute atomic E-state index is 0.0721. The third kappa shape index (κ3) is 3.70. The molecule has 0 atom stereocenters. The van der Waals surface area contributed by atoms with Gasteiger partial charge in [-0.3, -0.25) is 4.79 Å². The van der Waals surface area contributed by atoms with Gasteiger partial charge in [0.2, 0.25) is 0 Å². The van der Waals surface area contributed by atoms with Gasteiger partial charge in [-0.25, -0.2) is 4.39 Å². The van der Waals surface area contributed by atoms with Crippen LogP contribution in [0.1, 0.15) is 16.8 Å². The number of ether oxygens (including phenoxy) is 1. The van der Waals surface area contributed by atoms with Crippen molar-refractivity contribution in [1.29, 1.82) is 0 Å². The average Bonchev–Trinajstić information content (AvgIpc) is 2.34. The van der Waals surface area contributed by atoms with Crippen molar-refractivity contribution in [2.24, 2.45) is 0 Å². The molecule has 1 aromatic carbocycles. The fourth-order valence-corrected chi connectivity index (χ4v) is 1.65. The summed E-state index contributed by atoms with van der Waals surface area (Å²) in [6, 6.07) is 4.24. The van der Waals surface area contributed by atoms with E-state index < -0.39 is 5.82 Å². The number of alkyl halides is 1. The standard InChI is InChI=1S/C12H15BrFNO2/c1-15(7-3-6-13)12(16)10-5-4-9(17-2)8-11(10)14/h4-5,8H,3,6-7H2,1-2H3. The average molecular weight is 304 g/mol. The third-order valence-corrected chi connectivity index (χ3v) is 2.94. The Morgan fingerprint density at radius 1 is 1.53 bits per heavy atom. The molecular formula is C12H15BrFNO2. The first-order valence-corrected chi connectivity index (χ1v) is 6.37. The lowest BCUT2D eigenvalue weighted by atomic mass is 10.1. The van der Waals surface area contributed by atoms with Crippen molar-refractivity contribution in [2.75, 3.05) is 26.0 Å². The number of hydrogen-bond donors (Lipinski definition) is 0. The number of amides is 1. The highest BCUT2D eigenvalue weighted by molar-refractivity contribution is 9.09. The van der Waals surface area contributed by atoms with Crippen molar-refractivity contribution in [3.63, 3.8) is 0 Å². The Kier molecular flexibility index (Phi) is 5.41. The molecule has 0 aromatic heterocycles. The molecule has 1 rings (SSSR count). The van der Waals surface area contributed by atoms with Gasteiger partial charge in [-0.2, -0.15) is 0 Å². The molecule has 0 aliphatic rings. The summed E-state index contributed by atoms with van der Waals surface area (Å²) in [7, 11) is 3.12. The minimum atomic E-state index is -0.556. The predicted octanol–water partition coefficient (Wildman–Crippen LogP) is 2.69. The van der Waals surface area contributed by atoms with Gasteiger partial charge < -0.3 is 9.64 Å². The highest BCUT2D eigenvalue weighted by Gasteiger charge is 2.16. The highest BCUT2D eigenvalue weighted by atomic mass is 79.9. The van der Waals surface area contributed by atoms with E-state index in [1.807, 2.05) is 0 Å². The second kappa shape index (κ2) is 6.59. The summed E-state index contributed by atoms with van der Waals surface area (Å²) in [6.45, 7) is 0.593. The summed E-state index contributed by atoms with van der Waals surface area (Å²) in [5.41, 5.74) is 0.0721. The van der Waals surface area contributed by atoms with E-state index in [0.717, 1.165) is 11.8 Å². The normalized spacial score (nSPS) is 10.1. The van der Waals surface area contributed by atoms with Gasteiger partial charge in [0.05, 0.1) is 12.7 Å². The van der Waals surface area contributed by atoms with Gasteiger partial charge >= 0.3 is 0 Å². The lowest BCUT2D eigenvalue weighted by Crippen LogP contribution is -2.28. The molecule has 0 N–H and O–H groups in total. The minimum Gasteiger partial charge on any atom is -0.497 e. The van der Waals surface area contributed by atoms with E-state index in [0.29, 0.717) is 12.3 Å². The molecule has 0 aliphatic heterocycles. The molecule has 0 aliphatic carbocycles. The zero-order chi connectivity index (χ0) is 12.8. The van der Waals surface area contributed by atoms with E-state index >= 15 is 0 Å². The number of carbonyl (C=O) groups excluding carboxylic acids is 1. The number of rotatable bonds is 5. The van der Waals surface area contributed by atoms with Crippen LogP contribution >= 0.6 is 15.9 Å². The van der Waals surface area contributed by atoms with E-state index in [9.17, 15) is 9.18 Å². The summed E-state index contributed by atoms with van der Waals surface area (Å²) in [6.07, 6.45) is 0.833. The van der Waals surface area contributed by atoms with Crippen LogP contribution in [0.5, 0.6) is 5.75 Å². The van der Waals surface area contributed by atoms with Crippen LogP contribution < -0.4 is 4.74 Å². The molecule has 0 saturated heterocycles. The Morgan fingerprint density at radius 2 is 2.24 bits per heavy atom. The zero-order valence-corrected chi connectivity index (χ0v) is 11.5. The number of carbonyl (C=O) groups is 1. The van der Waals surface area contributed by atoms with Gasteiger partial charge in [-0.1, -0.05) is 15.9 Å². The van der Waals surface area contributed by atoms with Crippen LogP contribution in [0.25, 0.3) is 0 Å². The molecule has 0 saturated carbocycles.